The van der Waals surface area contributed by atoms with Crippen molar-refractivity contribution >= 4 is 11.8 Å². The molecule has 1 aromatic rings. The minimum absolute atomic E-state index is 0.162. The van der Waals surface area contributed by atoms with Gasteiger partial charge in [0.2, 0.25) is 0 Å². The maximum Gasteiger partial charge on any atom is 0.128 e. The Morgan fingerprint density at radius 1 is 1.43 bits per heavy atom. The minimum atomic E-state index is -0.393. The summed E-state index contributed by atoms with van der Waals surface area (Å²) in [5.74, 6) is -0.162. The zero-order valence-corrected chi connectivity index (χ0v) is 9.03. The second kappa shape index (κ2) is 3.55. The van der Waals surface area contributed by atoms with Crippen molar-refractivity contribution in [3.05, 3.63) is 29.6 Å². The molecule has 0 saturated heterocycles. The topological polar surface area (TPSA) is 26.0 Å². The van der Waals surface area contributed by atoms with Gasteiger partial charge >= 0.3 is 0 Å². The van der Waals surface area contributed by atoms with E-state index in [1.54, 1.807) is 17.8 Å². The highest BCUT2D eigenvalue weighted by Crippen LogP contribution is 2.40. The molecule has 1 aliphatic rings. The van der Waals surface area contributed by atoms with Crippen LogP contribution in [0, 0.1) is 5.82 Å². The van der Waals surface area contributed by atoms with Gasteiger partial charge in [0.15, 0.2) is 0 Å². The van der Waals surface area contributed by atoms with Gasteiger partial charge in [-0.15, -0.1) is 11.8 Å². The third-order valence-corrected chi connectivity index (χ3v) is 3.68. The van der Waals surface area contributed by atoms with Crippen LogP contribution in [-0.4, -0.2) is 6.26 Å². The average molecular weight is 211 g/mol. The van der Waals surface area contributed by atoms with Gasteiger partial charge in [0.05, 0.1) is 0 Å². The van der Waals surface area contributed by atoms with Crippen LogP contribution in [0.1, 0.15) is 24.8 Å². The predicted octanol–water partition coefficient (Wildman–Crippen LogP) is 2.89. The summed E-state index contributed by atoms with van der Waals surface area (Å²) >= 11 is 1.62. The molecular formula is C11H14FNS. The van der Waals surface area contributed by atoms with Crippen molar-refractivity contribution in [3.8, 4) is 0 Å². The van der Waals surface area contributed by atoms with Crippen LogP contribution in [0.15, 0.2) is 23.1 Å². The van der Waals surface area contributed by atoms with E-state index in [9.17, 15) is 4.39 Å². The summed E-state index contributed by atoms with van der Waals surface area (Å²) in [6.45, 7) is 0. The highest BCUT2D eigenvalue weighted by atomic mass is 32.2. The number of rotatable bonds is 2. The third-order valence-electron chi connectivity index (χ3n) is 2.96. The molecule has 1 fully saturated rings. The molecular weight excluding hydrogens is 197 g/mol. The Balaban J connectivity index is 2.40. The van der Waals surface area contributed by atoms with E-state index in [4.69, 9.17) is 5.73 Å². The lowest BCUT2D eigenvalue weighted by Gasteiger charge is -2.38. The van der Waals surface area contributed by atoms with E-state index in [1.807, 2.05) is 12.3 Å². The van der Waals surface area contributed by atoms with Gasteiger partial charge in [-0.05, 0) is 43.7 Å². The van der Waals surface area contributed by atoms with Gasteiger partial charge in [0.1, 0.15) is 5.82 Å². The number of hydrogen-bond donors (Lipinski definition) is 1. The van der Waals surface area contributed by atoms with Crippen LogP contribution in [0.5, 0.6) is 0 Å². The van der Waals surface area contributed by atoms with E-state index >= 15 is 0 Å². The Bertz CT molecular complexity index is 347. The molecule has 2 rings (SSSR count). The Morgan fingerprint density at radius 2 is 2.14 bits per heavy atom. The van der Waals surface area contributed by atoms with Crippen LogP contribution in [0.4, 0.5) is 4.39 Å². The highest BCUT2D eigenvalue weighted by Gasteiger charge is 2.36. The van der Waals surface area contributed by atoms with Crippen LogP contribution in [0.25, 0.3) is 0 Å². The molecule has 0 aliphatic heterocycles. The molecule has 76 valence electrons. The standard InChI is InChI=1S/C11H14FNS/c1-14-8-3-4-10(12)9(7-8)11(13)5-2-6-11/h3-4,7H,2,5-6,13H2,1H3. The average Bonchev–Trinajstić information content (AvgIpc) is 2.15. The Morgan fingerprint density at radius 3 is 2.64 bits per heavy atom. The third kappa shape index (κ3) is 1.55. The van der Waals surface area contributed by atoms with E-state index in [1.165, 1.54) is 6.07 Å². The summed E-state index contributed by atoms with van der Waals surface area (Å²) in [5, 5.41) is 0. The number of nitrogens with two attached hydrogens (primary N) is 1. The SMILES string of the molecule is CSc1ccc(F)c(C2(N)CCC2)c1. The van der Waals surface area contributed by atoms with Gasteiger partial charge in [0.25, 0.3) is 0 Å². The summed E-state index contributed by atoms with van der Waals surface area (Å²) in [5.41, 5.74) is 6.40. The molecule has 0 bridgehead atoms. The Kier molecular flexibility index (Phi) is 2.54. The molecule has 0 aromatic heterocycles. The molecule has 1 aromatic carbocycles. The van der Waals surface area contributed by atoms with Crippen LogP contribution in [0.2, 0.25) is 0 Å². The van der Waals surface area contributed by atoms with E-state index in [0.29, 0.717) is 5.56 Å². The second-order valence-corrected chi connectivity index (χ2v) is 4.74. The molecule has 1 nitrogen and oxygen atoms in total. The normalized spacial score (nSPS) is 19.1. The minimum Gasteiger partial charge on any atom is -0.321 e. The summed E-state index contributed by atoms with van der Waals surface area (Å²) in [6.07, 6.45) is 4.91. The molecule has 2 N–H and O–H groups in total. The summed E-state index contributed by atoms with van der Waals surface area (Å²) in [6, 6.07) is 5.21. The van der Waals surface area contributed by atoms with Crippen LogP contribution in [0.3, 0.4) is 0 Å². The molecule has 0 radical (unpaired) electrons. The number of benzene rings is 1. The highest BCUT2D eigenvalue weighted by molar-refractivity contribution is 7.98. The van der Waals surface area contributed by atoms with Crippen molar-refractivity contribution in [2.75, 3.05) is 6.26 Å². The van der Waals surface area contributed by atoms with E-state index in [0.717, 1.165) is 24.2 Å². The quantitative estimate of drug-likeness (QED) is 0.761. The van der Waals surface area contributed by atoms with Crippen molar-refractivity contribution < 1.29 is 4.39 Å². The number of hydrogen-bond acceptors (Lipinski definition) is 2. The molecule has 1 saturated carbocycles. The molecule has 0 unspecified atom stereocenters. The van der Waals surface area contributed by atoms with E-state index < -0.39 is 5.54 Å². The number of thioether (sulfide) groups is 1. The zero-order chi connectivity index (χ0) is 10.2. The van der Waals surface area contributed by atoms with Crippen LogP contribution in [-0.2, 0) is 5.54 Å². The van der Waals surface area contributed by atoms with Gasteiger partial charge < -0.3 is 5.73 Å². The molecule has 0 amide bonds. The Hall–Kier alpha value is -0.540. The first-order valence-electron chi connectivity index (χ1n) is 4.79. The van der Waals surface area contributed by atoms with Crippen molar-refractivity contribution in [2.45, 2.75) is 29.7 Å². The molecule has 0 heterocycles. The van der Waals surface area contributed by atoms with E-state index in [2.05, 4.69) is 0 Å². The first kappa shape index (κ1) is 9.99. The van der Waals surface area contributed by atoms with Gasteiger partial charge in [-0.1, -0.05) is 0 Å². The molecule has 0 spiro atoms. The molecule has 14 heavy (non-hydrogen) atoms. The smallest absolute Gasteiger partial charge is 0.128 e. The second-order valence-electron chi connectivity index (χ2n) is 3.86. The fraction of sp³-hybridized carbons (Fsp3) is 0.455. The zero-order valence-electron chi connectivity index (χ0n) is 8.22. The van der Waals surface area contributed by atoms with Gasteiger partial charge in [-0.3, -0.25) is 0 Å². The molecule has 3 heteroatoms. The fourth-order valence-electron chi connectivity index (χ4n) is 1.84. The van der Waals surface area contributed by atoms with E-state index in [-0.39, 0.29) is 5.82 Å². The molecule has 1 aliphatic carbocycles. The van der Waals surface area contributed by atoms with Crippen molar-refractivity contribution in [1.29, 1.82) is 0 Å². The lowest BCUT2D eigenvalue weighted by molar-refractivity contribution is 0.244. The maximum absolute atomic E-state index is 13.5. The summed E-state index contributed by atoms with van der Waals surface area (Å²) in [4.78, 5) is 1.08. The van der Waals surface area contributed by atoms with Gasteiger partial charge in [-0.25, -0.2) is 4.39 Å². The first-order valence-corrected chi connectivity index (χ1v) is 6.01. The monoisotopic (exact) mass is 211 g/mol. The maximum atomic E-state index is 13.5. The fourth-order valence-corrected chi connectivity index (χ4v) is 2.28. The van der Waals surface area contributed by atoms with Crippen molar-refractivity contribution in [3.63, 3.8) is 0 Å². The lowest BCUT2D eigenvalue weighted by Crippen LogP contribution is -2.44. The Labute approximate surface area is 87.9 Å². The van der Waals surface area contributed by atoms with Crippen LogP contribution >= 0.6 is 11.8 Å². The summed E-state index contributed by atoms with van der Waals surface area (Å²) in [7, 11) is 0. The summed E-state index contributed by atoms with van der Waals surface area (Å²) < 4.78 is 13.5. The van der Waals surface area contributed by atoms with Crippen molar-refractivity contribution in [1.82, 2.24) is 0 Å². The van der Waals surface area contributed by atoms with Crippen LogP contribution < -0.4 is 5.73 Å². The largest absolute Gasteiger partial charge is 0.321 e. The molecule has 0 atom stereocenters. The first-order chi connectivity index (χ1) is 6.65. The predicted molar refractivity (Wildman–Crippen MR) is 57.9 cm³/mol. The lowest BCUT2D eigenvalue weighted by atomic mass is 9.72. The number of halogens is 1. The van der Waals surface area contributed by atoms with Gasteiger partial charge in [0, 0.05) is 16.0 Å². The van der Waals surface area contributed by atoms with Gasteiger partial charge in [-0.2, -0.15) is 0 Å². The van der Waals surface area contributed by atoms with Crippen molar-refractivity contribution in [2.24, 2.45) is 5.73 Å².